The number of carbonyl (C=O) groups is 1. The monoisotopic (exact) mass is 288 g/mol. The summed E-state index contributed by atoms with van der Waals surface area (Å²) in [5.41, 5.74) is 1.08. The summed E-state index contributed by atoms with van der Waals surface area (Å²) in [6.07, 6.45) is 2.62. The van der Waals surface area contributed by atoms with Crippen molar-refractivity contribution in [2.24, 2.45) is 0 Å². The van der Waals surface area contributed by atoms with Gasteiger partial charge in [0.2, 0.25) is 5.91 Å². The molecule has 2 aliphatic rings. The molecular formula is C17H24N2O2. The Balaban J connectivity index is 1.64. The molecule has 2 aliphatic heterocycles. The van der Waals surface area contributed by atoms with Crippen molar-refractivity contribution in [1.82, 2.24) is 10.2 Å². The van der Waals surface area contributed by atoms with E-state index in [1.807, 2.05) is 23.1 Å². The van der Waals surface area contributed by atoms with Crippen LogP contribution in [0.25, 0.3) is 0 Å². The summed E-state index contributed by atoms with van der Waals surface area (Å²) >= 11 is 0. The molecule has 0 radical (unpaired) electrons. The van der Waals surface area contributed by atoms with Crippen LogP contribution in [0.5, 0.6) is 0 Å². The number of nitrogens with zero attached hydrogens (tertiary/aromatic N) is 1. The minimum Gasteiger partial charge on any atom is -0.375 e. The van der Waals surface area contributed by atoms with Crippen LogP contribution in [0.1, 0.15) is 32.3 Å². The normalized spacial score (nSPS) is 28.9. The molecule has 0 saturated carbocycles. The van der Waals surface area contributed by atoms with Crippen molar-refractivity contribution in [3.05, 3.63) is 35.9 Å². The van der Waals surface area contributed by atoms with Crippen LogP contribution >= 0.6 is 0 Å². The highest BCUT2D eigenvalue weighted by Gasteiger charge is 2.39. The van der Waals surface area contributed by atoms with Crippen LogP contribution in [0, 0.1) is 0 Å². The zero-order valence-electron chi connectivity index (χ0n) is 12.8. The van der Waals surface area contributed by atoms with E-state index in [1.54, 1.807) is 0 Å². The lowest BCUT2D eigenvalue weighted by atomic mass is 9.93. The molecule has 114 valence electrons. The molecule has 1 N–H and O–H groups in total. The molecule has 0 aliphatic carbocycles. The lowest BCUT2D eigenvalue weighted by Crippen LogP contribution is -2.47. The summed E-state index contributed by atoms with van der Waals surface area (Å²) in [6.45, 7) is 5.62. The highest BCUT2D eigenvalue weighted by atomic mass is 16.5. The average molecular weight is 288 g/mol. The Bertz CT molecular complexity index is 501. The minimum absolute atomic E-state index is 0.0849. The third-order valence-electron chi connectivity index (χ3n) is 4.48. The van der Waals surface area contributed by atoms with Crippen molar-refractivity contribution >= 4 is 5.91 Å². The van der Waals surface area contributed by atoms with E-state index in [0.717, 1.165) is 25.9 Å². The maximum atomic E-state index is 12.6. The third-order valence-corrected chi connectivity index (χ3v) is 4.48. The Morgan fingerprint density at radius 3 is 2.81 bits per heavy atom. The van der Waals surface area contributed by atoms with Gasteiger partial charge in [-0.2, -0.15) is 0 Å². The zero-order valence-corrected chi connectivity index (χ0v) is 12.8. The number of amides is 1. The summed E-state index contributed by atoms with van der Waals surface area (Å²) in [5.74, 6) is 0.238. The van der Waals surface area contributed by atoms with Crippen molar-refractivity contribution in [1.29, 1.82) is 0 Å². The fraction of sp³-hybridized carbons (Fsp3) is 0.588. The maximum Gasteiger partial charge on any atom is 0.241 e. The van der Waals surface area contributed by atoms with Crippen LogP contribution < -0.4 is 5.32 Å². The topological polar surface area (TPSA) is 41.6 Å². The van der Waals surface area contributed by atoms with Crippen LogP contribution in [0.3, 0.4) is 0 Å². The Labute approximate surface area is 126 Å². The van der Waals surface area contributed by atoms with Crippen molar-refractivity contribution < 1.29 is 9.53 Å². The van der Waals surface area contributed by atoms with E-state index in [0.29, 0.717) is 12.7 Å². The second kappa shape index (κ2) is 5.78. The van der Waals surface area contributed by atoms with Gasteiger partial charge in [-0.05, 0) is 38.7 Å². The van der Waals surface area contributed by atoms with Crippen molar-refractivity contribution in [2.75, 3.05) is 13.3 Å². The highest BCUT2D eigenvalue weighted by Crippen LogP contribution is 2.28. The highest BCUT2D eigenvalue weighted by molar-refractivity contribution is 5.84. The van der Waals surface area contributed by atoms with E-state index in [4.69, 9.17) is 4.74 Å². The molecule has 0 aromatic heterocycles. The predicted octanol–water partition coefficient (Wildman–Crippen LogP) is 1.94. The molecule has 21 heavy (non-hydrogen) atoms. The smallest absolute Gasteiger partial charge is 0.241 e. The first-order chi connectivity index (χ1) is 10.1. The molecule has 1 amide bonds. The summed E-state index contributed by atoms with van der Waals surface area (Å²) < 4.78 is 5.75. The number of nitrogens with one attached hydrogen (secondary N) is 1. The molecule has 2 fully saturated rings. The number of rotatable bonds is 3. The van der Waals surface area contributed by atoms with Crippen LogP contribution in [0.2, 0.25) is 0 Å². The number of ether oxygens (including phenoxy) is 1. The van der Waals surface area contributed by atoms with Gasteiger partial charge in [-0.1, -0.05) is 30.3 Å². The van der Waals surface area contributed by atoms with E-state index in [1.165, 1.54) is 5.56 Å². The van der Waals surface area contributed by atoms with Crippen molar-refractivity contribution in [3.63, 3.8) is 0 Å². The summed E-state index contributed by atoms with van der Waals surface area (Å²) in [4.78, 5) is 14.7. The van der Waals surface area contributed by atoms with Gasteiger partial charge >= 0.3 is 0 Å². The van der Waals surface area contributed by atoms with Gasteiger partial charge in [0.15, 0.2) is 0 Å². The van der Waals surface area contributed by atoms with Gasteiger partial charge in [-0.25, -0.2) is 0 Å². The van der Waals surface area contributed by atoms with Crippen molar-refractivity contribution in [2.45, 2.75) is 50.8 Å². The van der Waals surface area contributed by atoms with E-state index < -0.39 is 0 Å². The van der Waals surface area contributed by atoms with Gasteiger partial charge in [0, 0.05) is 12.6 Å². The Morgan fingerprint density at radius 1 is 1.33 bits per heavy atom. The van der Waals surface area contributed by atoms with Gasteiger partial charge in [-0.3, -0.25) is 10.1 Å². The SMILES string of the molecule is CC1(C)CC(N2CNC(Cc3ccccc3)C2=O)CCO1. The molecule has 4 nitrogen and oxygen atoms in total. The molecule has 0 bridgehead atoms. The van der Waals surface area contributed by atoms with E-state index in [-0.39, 0.29) is 17.6 Å². The molecule has 2 atom stereocenters. The van der Waals surface area contributed by atoms with Crippen molar-refractivity contribution in [3.8, 4) is 0 Å². The average Bonchev–Trinajstić information content (AvgIpc) is 2.80. The number of hydrogen-bond acceptors (Lipinski definition) is 3. The lowest BCUT2D eigenvalue weighted by molar-refractivity contribution is -0.136. The molecule has 4 heteroatoms. The largest absolute Gasteiger partial charge is 0.375 e. The number of carbonyl (C=O) groups excluding carboxylic acids is 1. The maximum absolute atomic E-state index is 12.6. The van der Waals surface area contributed by atoms with Crippen LogP contribution in [-0.4, -0.2) is 41.8 Å². The molecule has 0 spiro atoms. The first-order valence-electron chi connectivity index (χ1n) is 7.77. The summed E-state index contributed by atoms with van der Waals surface area (Å²) in [6, 6.07) is 10.4. The van der Waals surface area contributed by atoms with Crippen LogP contribution in [0.4, 0.5) is 0 Å². The molecule has 1 aromatic rings. The Hall–Kier alpha value is -1.39. The first kappa shape index (κ1) is 14.5. The molecule has 2 unspecified atom stereocenters. The molecule has 3 rings (SSSR count). The van der Waals surface area contributed by atoms with Gasteiger partial charge < -0.3 is 9.64 Å². The fourth-order valence-electron chi connectivity index (χ4n) is 3.36. The zero-order chi connectivity index (χ0) is 14.9. The molecule has 1 aromatic carbocycles. The quantitative estimate of drug-likeness (QED) is 0.924. The third kappa shape index (κ3) is 3.27. The van der Waals surface area contributed by atoms with Gasteiger partial charge in [-0.15, -0.1) is 0 Å². The minimum atomic E-state index is -0.124. The Kier molecular flexibility index (Phi) is 4.00. The predicted molar refractivity (Wildman–Crippen MR) is 81.8 cm³/mol. The standard InChI is InChI=1S/C17H24N2O2/c1-17(2)11-14(8-9-21-17)19-12-18-15(16(19)20)10-13-6-4-3-5-7-13/h3-7,14-15,18H,8-12H2,1-2H3. The first-order valence-corrected chi connectivity index (χ1v) is 7.77. The molecule has 2 heterocycles. The summed E-state index contributed by atoms with van der Waals surface area (Å²) in [5, 5.41) is 3.37. The van der Waals surface area contributed by atoms with E-state index >= 15 is 0 Å². The van der Waals surface area contributed by atoms with E-state index in [9.17, 15) is 4.79 Å². The summed E-state index contributed by atoms with van der Waals surface area (Å²) in [7, 11) is 0. The second-order valence-corrected chi connectivity index (χ2v) is 6.67. The number of benzene rings is 1. The van der Waals surface area contributed by atoms with Crippen LogP contribution in [0.15, 0.2) is 30.3 Å². The van der Waals surface area contributed by atoms with E-state index in [2.05, 4.69) is 31.3 Å². The lowest BCUT2D eigenvalue weighted by Gasteiger charge is -2.39. The second-order valence-electron chi connectivity index (χ2n) is 6.67. The van der Waals surface area contributed by atoms with Crippen LogP contribution in [-0.2, 0) is 16.0 Å². The van der Waals surface area contributed by atoms with Gasteiger partial charge in [0.05, 0.1) is 18.3 Å². The Morgan fingerprint density at radius 2 is 2.10 bits per heavy atom. The molecular weight excluding hydrogens is 264 g/mol. The number of hydrogen-bond donors (Lipinski definition) is 1. The van der Waals surface area contributed by atoms with Gasteiger partial charge in [0.25, 0.3) is 0 Å². The molecule has 2 saturated heterocycles. The fourth-order valence-corrected chi connectivity index (χ4v) is 3.36. The van der Waals surface area contributed by atoms with Gasteiger partial charge in [0.1, 0.15) is 0 Å².